The van der Waals surface area contributed by atoms with Crippen LogP contribution in [0.25, 0.3) is 0 Å². The fourth-order valence-corrected chi connectivity index (χ4v) is 4.68. The van der Waals surface area contributed by atoms with E-state index in [4.69, 9.17) is 0 Å². The molecule has 2 aliphatic heterocycles. The lowest BCUT2D eigenvalue weighted by atomic mass is 9.93. The summed E-state index contributed by atoms with van der Waals surface area (Å²) in [7, 11) is 0. The van der Waals surface area contributed by atoms with E-state index < -0.39 is 0 Å². The van der Waals surface area contributed by atoms with Gasteiger partial charge in [0.1, 0.15) is 0 Å². The fourth-order valence-electron chi connectivity index (χ4n) is 4.68. The molecule has 2 saturated heterocycles. The number of carbonyl (C=O) groups is 2. The van der Waals surface area contributed by atoms with E-state index in [1.807, 2.05) is 46.2 Å². The Hall–Kier alpha value is -2.82. The molecule has 31 heavy (non-hydrogen) atoms. The highest BCUT2D eigenvalue weighted by Crippen LogP contribution is 2.28. The third kappa shape index (κ3) is 4.76. The predicted molar refractivity (Wildman–Crippen MR) is 125 cm³/mol. The highest BCUT2D eigenvalue weighted by atomic mass is 16.2. The molecule has 4 rings (SSSR count). The number of nitrogens with one attached hydrogen (secondary N) is 1. The standard InChI is InChI=1S/C26H33N3O2/c1-19-9-8-12-23(20(19)2)27-24-11-5-4-10-22(24)26(31)29-17-13-21(14-18-29)25(30)28-15-6-3-7-16-28/h4-5,8-12,21,27H,3,6-7,13-18H2,1-2H3. The average molecular weight is 420 g/mol. The molecule has 0 saturated carbocycles. The molecule has 2 fully saturated rings. The van der Waals surface area contributed by atoms with Gasteiger partial charge in [0.2, 0.25) is 5.91 Å². The van der Waals surface area contributed by atoms with Crippen LogP contribution in [0.5, 0.6) is 0 Å². The number of rotatable bonds is 4. The highest BCUT2D eigenvalue weighted by molar-refractivity contribution is 6.00. The Labute approximate surface area is 185 Å². The average Bonchev–Trinajstić information content (AvgIpc) is 2.82. The Morgan fingerprint density at radius 2 is 1.48 bits per heavy atom. The minimum atomic E-state index is 0.0391. The first-order valence-electron chi connectivity index (χ1n) is 11.5. The minimum Gasteiger partial charge on any atom is -0.355 e. The molecule has 0 bridgehead atoms. The van der Waals surface area contributed by atoms with Crippen molar-refractivity contribution < 1.29 is 9.59 Å². The molecule has 0 radical (unpaired) electrons. The molecule has 0 unspecified atom stereocenters. The zero-order valence-corrected chi connectivity index (χ0v) is 18.7. The van der Waals surface area contributed by atoms with Crippen LogP contribution >= 0.6 is 0 Å². The molecule has 2 heterocycles. The molecule has 5 nitrogen and oxygen atoms in total. The molecule has 1 N–H and O–H groups in total. The molecule has 2 aromatic carbocycles. The Morgan fingerprint density at radius 3 is 2.23 bits per heavy atom. The molecule has 0 atom stereocenters. The molecular weight excluding hydrogens is 386 g/mol. The van der Waals surface area contributed by atoms with Gasteiger partial charge in [0.25, 0.3) is 5.91 Å². The quantitative estimate of drug-likeness (QED) is 0.766. The van der Waals surface area contributed by atoms with E-state index in [1.54, 1.807) is 0 Å². The van der Waals surface area contributed by atoms with Crippen molar-refractivity contribution in [3.63, 3.8) is 0 Å². The van der Waals surface area contributed by atoms with Crippen molar-refractivity contribution >= 4 is 23.2 Å². The summed E-state index contributed by atoms with van der Waals surface area (Å²) in [6.45, 7) is 7.26. The van der Waals surface area contributed by atoms with Gasteiger partial charge in [0, 0.05) is 37.8 Å². The number of nitrogens with zero attached hydrogens (tertiary/aromatic N) is 2. The Kier molecular flexibility index (Phi) is 6.59. The summed E-state index contributed by atoms with van der Waals surface area (Å²) in [5.74, 6) is 0.395. The molecule has 5 heteroatoms. The van der Waals surface area contributed by atoms with Crippen LogP contribution in [0.1, 0.15) is 53.6 Å². The maximum Gasteiger partial charge on any atom is 0.255 e. The monoisotopic (exact) mass is 419 g/mol. The third-order valence-electron chi connectivity index (χ3n) is 6.83. The Bertz CT molecular complexity index is 941. The number of benzene rings is 2. The highest BCUT2D eigenvalue weighted by Gasteiger charge is 2.31. The first kappa shape index (κ1) is 21.4. The summed E-state index contributed by atoms with van der Waals surface area (Å²) < 4.78 is 0. The number of aryl methyl sites for hydroxylation is 1. The largest absolute Gasteiger partial charge is 0.355 e. The molecule has 0 aliphatic carbocycles. The van der Waals surface area contributed by atoms with Crippen molar-refractivity contribution in [1.82, 2.24) is 9.80 Å². The first-order valence-corrected chi connectivity index (χ1v) is 11.5. The van der Waals surface area contributed by atoms with Crippen molar-refractivity contribution in [3.8, 4) is 0 Å². The summed E-state index contributed by atoms with van der Waals surface area (Å²) in [5.41, 5.74) is 4.93. The molecule has 0 aromatic heterocycles. The smallest absolute Gasteiger partial charge is 0.255 e. The van der Waals surface area contributed by atoms with Gasteiger partial charge in [-0.25, -0.2) is 0 Å². The zero-order valence-electron chi connectivity index (χ0n) is 18.7. The predicted octanol–water partition coefficient (Wildman–Crippen LogP) is 4.91. The van der Waals surface area contributed by atoms with Gasteiger partial charge in [-0.1, -0.05) is 24.3 Å². The Balaban J connectivity index is 1.42. The van der Waals surface area contributed by atoms with Gasteiger partial charge in [-0.2, -0.15) is 0 Å². The van der Waals surface area contributed by atoms with Crippen LogP contribution in [0, 0.1) is 19.8 Å². The van der Waals surface area contributed by atoms with Crippen LogP contribution in [0.2, 0.25) is 0 Å². The van der Waals surface area contributed by atoms with Gasteiger partial charge < -0.3 is 15.1 Å². The number of likely N-dealkylation sites (tertiary alicyclic amines) is 2. The third-order valence-corrected chi connectivity index (χ3v) is 6.83. The molecule has 164 valence electrons. The van der Waals surface area contributed by atoms with Crippen molar-refractivity contribution in [3.05, 3.63) is 59.2 Å². The normalized spacial score (nSPS) is 17.5. The van der Waals surface area contributed by atoms with Crippen molar-refractivity contribution in [2.24, 2.45) is 5.92 Å². The van der Waals surface area contributed by atoms with E-state index in [-0.39, 0.29) is 11.8 Å². The number of hydrogen-bond acceptors (Lipinski definition) is 3. The van der Waals surface area contributed by atoms with Gasteiger partial charge >= 0.3 is 0 Å². The summed E-state index contributed by atoms with van der Waals surface area (Å²) >= 11 is 0. The van der Waals surface area contributed by atoms with Gasteiger partial charge in [-0.3, -0.25) is 9.59 Å². The topological polar surface area (TPSA) is 52.7 Å². The second-order valence-electron chi connectivity index (χ2n) is 8.87. The number of para-hydroxylation sites is 1. The van der Waals surface area contributed by atoms with Gasteiger partial charge in [-0.05, 0) is 75.3 Å². The van der Waals surface area contributed by atoms with E-state index in [1.165, 1.54) is 17.5 Å². The molecular formula is C26H33N3O2. The second-order valence-corrected chi connectivity index (χ2v) is 8.87. The van der Waals surface area contributed by atoms with Crippen molar-refractivity contribution in [2.75, 3.05) is 31.5 Å². The first-order chi connectivity index (χ1) is 15.0. The van der Waals surface area contributed by atoms with Crippen molar-refractivity contribution in [2.45, 2.75) is 46.0 Å². The number of piperidine rings is 2. The van der Waals surface area contributed by atoms with Crippen LogP contribution < -0.4 is 5.32 Å². The lowest BCUT2D eigenvalue weighted by Gasteiger charge is -2.35. The summed E-state index contributed by atoms with van der Waals surface area (Å²) in [6, 6.07) is 13.9. The van der Waals surface area contributed by atoms with Gasteiger partial charge in [-0.15, -0.1) is 0 Å². The van der Waals surface area contributed by atoms with Crippen LogP contribution in [0.15, 0.2) is 42.5 Å². The Morgan fingerprint density at radius 1 is 0.806 bits per heavy atom. The van der Waals surface area contributed by atoms with E-state index in [9.17, 15) is 9.59 Å². The molecule has 2 aromatic rings. The van der Waals surface area contributed by atoms with E-state index in [2.05, 4.69) is 25.2 Å². The zero-order chi connectivity index (χ0) is 21.8. The van der Waals surface area contributed by atoms with Crippen LogP contribution in [-0.2, 0) is 4.79 Å². The lowest BCUT2D eigenvalue weighted by Crippen LogP contribution is -2.45. The van der Waals surface area contributed by atoms with Crippen molar-refractivity contribution in [1.29, 1.82) is 0 Å². The molecule has 0 spiro atoms. The number of hydrogen-bond donors (Lipinski definition) is 1. The lowest BCUT2D eigenvalue weighted by molar-refractivity contribution is -0.137. The van der Waals surface area contributed by atoms with Gasteiger partial charge in [0.15, 0.2) is 0 Å². The summed E-state index contributed by atoms with van der Waals surface area (Å²) in [6.07, 6.45) is 4.98. The van der Waals surface area contributed by atoms with Gasteiger partial charge in [0.05, 0.1) is 11.3 Å². The number of amides is 2. The number of anilines is 2. The van der Waals surface area contributed by atoms with Crippen LogP contribution in [-0.4, -0.2) is 47.8 Å². The second kappa shape index (κ2) is 9.54. The van der Waals surface area contributed by atoms with E-state index >= 15 is 0 Å². The van der Waals surface area contributed by atoms with E-state index in [0.717, 1.165) is 50.1 Å². The minimum absolute atomic E-state index is 0.0391. The summed E-state index contributed by atoms with van der Waals surface area (Å²) in [5, 5.41) is 3.46. The molecule has 2 amide bonds. The molecule has 2 aliphatic rings. The summed E-state index contributed by atoms with van der Waals surface area (Å²) in [4.78, 5) is 30.1. The van der Waals surface area contributed by atoms with Crippen LogP contribution in [0.3, 0.4) is 0 Å². The van der Waals surface area contributed by atoms with Crippen LogP contribution in [0.4, 0.5) is 11.4 Å². The SMILES string of the molecule is Cc1cccc(Nc2ccccc2C(=O)N2CCC(C(=O)N3CCCCC3)CC2)c1C. The van der Waals surface area contributed by atoms with E-state index in [0.29, 0.717) is 24.6 Å². The maximum atomic E-state index is 13.3. The maximum absolute atomic E-state index is 13.3. The number of carbonyl (C=O) groups excluding carboxylic acids is 2. The fraction of sp³-hybridized carbons (Fsp3) is 0.462.